The molecule has 0 saturated heterocycles. The molecule has 0 radical (unpaired) electrons. The van der Waals surface area contributed by atoms with E-state index in [9.17, 15) is 8.78 Å². The number of alkyl halides is 2. The highest BCUT2D eigenvalue weighted by molar-refractivity contribution is 7.98. The minimum absolute atomic E-state index is 0.0977. The zero-order valence-corrected chi connectivity index (χ0v) is 23.4. The Morgan fingerprint density at radius 1 is 1.00 bits per heavy atom. The van der Waals surface area contributed by atoms with Crippen LogP contribution in [0.25, 0.3) is 11.0 Å². The van der Waals surface area contributed by atoms with Gasteiger partial charge in [0.05, 0.1) is 35.1 Å². The number of nitrogens with zero attached hydrogens (tertiary/aromatic N) is 2. The smallest absolute Gasteiger partial charge is 0.387 e. The Balaban J connectivity index is 1.51. The lowest BCUT2D eigenvalue weighted by Gasteiger charge is -2.13. The molecule has 5 nitrogen and oxygen atoms in total. The highest BCUT2D eigenvalue weighted by Crippen LogP contribution is 2.33. The second kappa shape index (κ2) is 16.0. The topological polar surface area (TPSA) is 60.0 Å². The molecule has 2 heterocycles. The number of halogens is 3. The summed E-state index contributed by atoms with van der Waals surface area (Å²) in [5.74, 6) is 1.27. The Labute approximate surface area is 228 Å². The quantitative estimate of drug-likeness (QED) is 0.125. The van der Waals surface area contributed by atoms with Gasteiger partial charge in [-0.15, -0.1) is 0 Å². The molecule has 1 N–H and O–H groups in total. The lowest BCUT2D eigenvalue weighted by molar-refractivity contribution is -0.0497. The molecular formula is C28H38ClF2N3O2S. The average molecular weight is 554 g/mol. The lowest BCUT2D eigenvalue weighted by atomic mass is 10.0. The van der Waals surface area contributed by atoms with Crippen molar-refractivity contribution in [2.75, 3.05) is 7.11 Å². The van der Waals surface area contributed by atoms with Gasteiger partial charge in [0, 0.05) is 11.8 Å². The predicted molar refractivity (Wildman–Crippen MR) is 148 cm³/mol. The van der Waals surface area contributed by atoms with Crippen LogP contribution in [0.4, 0.5) is 8.78 Å². The van der Waals surface area contributed by atoms with Crippen LogP contribution in [0, 0.1) is 0 Å². The summed E-state index contributed by atoms with van der Waals surface area (Å²) in [5, 5.41) is 1.30. The molecule has 37 heavy (non-hydrogen) atoms. The first-order valence-electron chi connectivity index (χ1n) is 13.3. The maximum absolute atomic E-state index is 12.5. The van der Waals surface area contributed by atoms with Crippen LogP contribution < -0.4 is 9.47 Å². The summed E-state index contributed by atoms with van der Waals surface area (Å²) >= 11 is 8.18. The Kier molecular flexibility index (Phi) is 12.8. The fraction of sp³-hybridized carbons (Fsp3) is 0.571. The number of unbranched alkanes of at least 4 members (excludes halogenated alkanes) is 10. The van der Waals surface area contributed by atoms with Crippen LogP contribution in [0.5, 0.6) is 11.5 Å². The number of H-pyrrole nitrogens is 1. The van der Waals surface area contributed by atoms with Gasteiger partial charge in [0.25, 0.3) is 0 Å². The maximum Gasteiger partial charge on any atom is 0.387 e. The largest absolute Gasteiger partial charge is 0.494 e. The fourth-order valence-corrected chi connectivity index (χ4v) is 5.58. The molecule has 0 aliphatic carbocycles. The van der Waals surface area contributed by atoms with E-state index in [-0.39, 0.29) is 5.75 Å². The number of thioether (sulfide) groups is 1. The van der Waals surface area contributed by atoms with Crippen molar-refractivity contribution in [1.29, 1.82) is 0 Å². The van der Waals surface area contributed by atoms with Crippen LogP contribution in [0.1, 0.15) is 88.8 Å². The standard InChI is InChI=1S/C28H38ClF2N3O2S/c1-3-4-5-6-7-8-9-10-11-12-13-14-21-24(32-18-25(35-2)26(21)29)19-37-28-33-22-16-15-20(36-27(30)31)17-23(22)34-28/h15-18,27H,3-14,19H2,1-2H3,(H,33,34). The number of nitrogens with one attached hydrogen (secondary N) is 1. The minimum atomic E-state index is -2.86. The van der Waals surface area contributed by atoms with E-state index in [2.05, 4.69) is 26.6 Å². The van der Waals surface area contributed by atoms with Crippen molar-refractivity contribution in [2.24, 2.45) is 0 Å². The van der Waals surface area contributed by atoms with E-state index in [0.717, 1.165) is 24.1 Å². The van der Waals surface area contributed by atoms with Crippen molar-refractivity contribution < 1.29 is 18.3 Å². The number of aromatic amines is 1. The number of benzene rings is 1. The summed E-state index contributed by atoms with van der Waals surface area (Å²) in [6.07, 6.45) is 16.7. The molecule has 1 aromatic carbocycles. The molecule has 0 atom stereocenters. The molecule has 0 aliphatic heterocycles. The number of hydrogen-bond acceptors (Lipinski definition) is 5. The molecule has 0 spiro atoms. The van der Waals surface area contributed by atoms with Gasteiger partial charge < -0.3 is 14.5 Å². The minimum Gasteiger partial charge on any atom is -0.494 e. The fourth-order valence-electron chi connectivity index (χ4n) is 4.38. The van der Waals surface area contributed by atoms with Crippen LogP contribution in [0.15, 0.2) is 29.6 Å². The summed E-state index contributed by atoms with van der Waals surface area (Å²) < 4.78 is 34.9. The Morgan fingerprint density at radius 3 is 2.32 bits per heavy atom. The maximum atomic E-state index is 12.5. The van der Waals surface area contributed by atoms with Crippen molar-refractivity contribution >= 4 is 34.4 Å². The number of hydrogen-bond donors (Lipinski definition) is 1. The SMILES string of the molecule is CCCCCCCCCCCCCc1c(CSc2nc3ccc(OC(F)F)cc3[nH]2)ncc(OC)c1Cl. The van der Waals surface area contributed by atoms with Crippen molar-refractivity contribution in [3.05, 3.63) is 40.7 Å². The highest BCUT2D eigenvalue weighted by atomic mass is 35.5. The predicted octanol–water partition coefficient (Wildman–Crippen LogP) is 9.37. The second-order valence-electron chi connectivity index (χ2n) is 9.24. The molecule has 3 rings (SSSR count). The first-order chi connectivity index (χ1) is 18.0. The van der Waals surface area contributed by atoms with Gasteiger partial charge in [-0.1, -0.05) is 94.5 Å². The Bertz CT molecular complexity index is 1100. The van der Waals surface area contributed by atoms with E-state index in [1.54, 1.807) is 19.4 Å². The average Bonchev–Trinajstić information content (AvgIpc) is 3.29. The first kappa shape index (κ1) is 29.5. The van der Waals surface area contributed by atoms with Crippen LogP contribution >= 0.6 is 23.4 Å². The van der Waals surface area contributed by atoms with Gasteiger partial charge in [-0.05, 0) is 30.5 Å². The highest BCUT2D eigenvalue weighted by Gasteiger charge is 2.15. The van der Waals surface area contributed by atoms with E-state index in [0.29, 0.717) is 32.7 Å². The van der Waals surface area contributed by atoms with Crippen LogP contribution in [0.3, 0.4) is 0 Å². The number of imidazole rings is 1. The molecule has 0 aliphatic rings. The normalized spacial score (nSPS) is 11.5. The van der Waals surface area contributed by atoms with Crippen LogP contribution in [0.2, 0.25) is 5.02 Å². The Hall–Kier alpha value is -2.06. The van der Waals surface area contributed by atoms with Gasteiger partial charge in [-0.2, -0.15) is 8.78 Å². The number of rotatable bonds is 18. The number of aromatic nitrogens is 3. The van der Waals surface area contributed by atoms with Gasteiger partial charge in [0.2, 0.25) is 0 Å². The van der Waals surface area contributed by atoms with Crippen molar-refractivity contribution in [3.63, 3.8) is 0 Å². The molecular weight excluding hydrogens is 516 g/mol. The van der Waals surface area contributed by atoms with Crippen LogP contribution in [-0.2, 0) is 12.2 Å². The number of pyridine rings is 1. The van der Waals surface area contributed by atoms with Crippen molar-refractivity contribution in [3.8, 4) is 11.5 Å². The lowest BCUT2D eigenvalue weighted by Crippen LogP contribution is -2.01. The molecule has 0 unspecified atom stereocenters. The zero-order chi connectivity index (χ0) is 26.5. The summed E-state index contributed by atoms with van der Waals surface area (Å²) in [6, 6.07) is 4.67. The van der Waals surface area contributed by atoms with Gasteiger partial charge >= 0.3 is 6.61 Å². The van der Waals surface area contributed by atoms with E-state index in [1.807, 2.05) is 0 Å². The van der Waals surface area contributed by atoms with Crippen molar-refractivity contribution in [1.82, 2.24) is 15.0 Å². The summed E-state index contributed by atoms with van der Waals surface area (Å²) in [6.45, 7) is -0.607. The number of fused-ring (bicyclic) bond motifs is 1. The third-order valence-electron chi connectivity index (χ3n) is 6.42. The molecule has 3 aromatic rings. The Morgan fingerprint density at radius 2 is 1.68 bits per heavy atom. The van der Waals surface area contributed by atoms with E-state index in [4.69, 9.17) is 16.3 Å². The van der Waals surface area contributed by atoms with E-state index < -0.39 is 6.61 Å². The third-order valence-corrected chi connectivity index (χ3v) is 7.72. The van der Waals surface area contributed by atoms with E-state index in [1.165, 1.54) is 88.1 Å². The van der Waals surface area contributed by atoms with Crippen LogP contribution in [-0.4, -0.2) is 28.7 Å². The molecule has 0 amide bonds. The van der Waals surface area contributed by atoms with Crippen molar-refractivity contribution in [2.45, 2.75) is 101 Å². The van der Waals surface area contributed by atoms with Gasteiger partial charge in [0.1, 0.15) is 5.75 Å². The third kappa shape index (κ3) is 9.64. The van der Waals surface area contributed by atoms with Gasteiger partial charge in [0.15, 0.2) is 10.9 Å². The molecule has 0 saturated carbocycles. The van der Waals surface area contributed by atoms with Gasteiger partial charge in [-0.25, -0.2) is 4.98 Å². The second-order valence-corrected chi connectivity index (χ2v) is 10.6. The van der Waals surface area contributed by atoms with E-state index >= 15 is 0 Å². The summed E-state index contributed by atoms with van der Waals surface area (Å²) in [4.78, 5) is 12.3. The molecule has 204 valence electrons. The monoisotopic (exact) mass is 553 g/mol. The summed E-state index contributed by atoms with van der Waals surface area (Å²) in [5.41, 5.74) is 3.26. The number of ether oxygens (including phenoxy) is 2. The summed E-state index contributed by atoms with van der Waals surface area (Å²) in [7, 11) is 1.60. The molecule has 9 heteroatoms. The molecule has 2 aromatic heterocycles. The van der Waals surface area contributed by atoms with Gasteiger partial charge in [-0.3, -0.25) is 4.98 Å². The molecule has 0 bridgehead atoms. The number of methoxy groups -OCH3 is 1. The first-order valence-corrected chi connectivity index (χ1v) is 14.7. The zero-order valence-electron chi connectivity index (χ0n) is 21.8. The molecule has 0 fully saturated rings.